The Kier molecular flexibility index (Phi) is 3.89. The highest BCUT2D eigenvalue weighted by atomic mass is 32.2. The van der Waals surface area contributed by atoms with Gasteiger partial charge >= 0.3 is 0 Å². The fourth-order valence-corrected chi connectivity index (χ4v) is 3.23. The molecular formula is C18H16N4O3S. The lowest BCUT2D eigenvalue weighted by molar-refractivity contribution is 0.592. The number of anilines is 3. The molecule has 2 aromatic heterocycles. The Bertz CT molecular complexity index is 1180. The van der Waals surface area contributed by atoms with Crippen molar-refractivity contribution in [3.63, 3.8) is 0 Å². The monoisotopic (exact) mass is 368 g/mol. The Balaban J connectivity index is 1.56. The van der Waals surface area contributed by atoms with Crippen LogP contribution in [0.25, 0.3) is 22.2 Å². The van der Waals surface area contributed by atoms with Crippen LogP contribution in [-0.2, 0) is 10.0 Å². The van der Waals surface area contributed by atoms with Gasteiger partial charge in [-0.3, -0.25) is 4.72 Å². The first-order valence-electron chi connectivity index (χ1n) is 7.84. The summed E-state index contributed by atoms with van der Waals surface area (Å²) in [5.74, 6) is 0.640. The Labute approximate surface area is 150 Å². The number of nitrogens with zero attached hydrogens (tertiary/aromatic N) is 1. The molecule has 0 fully saturated rings. The third kappa shape index (κ3) is 3.55. The second-order valence-electron chi connectivity index (χ2n) is 5.89. The third-order valence-corrected chi connectivity index (χ3v) is 4.37. The van der Waals surface area contributed by atoms with E-state index in [1.165, 1.54) is 0 Å². The number of sulfonamides is 1. The molecule has 4 aromatic rings. The molecule has 0 saturated heterocycles. The maximum atomic E-state index is 11.3. The first-order chi connectivity index (χ1) is 12.5. The molecule has 0 aliphatic carbocycles. The molecule has 2 heterocycles. The zero-order chi connectivity index (χ0) is 18.1. The smallest absolute Gasteiger partial charge is 0.299 e. The second-order valence-corrected chi connectivity index (χ2v) is 7.64. The summed E-state index contributed by atoms with van der Waals surface area (Å²) in [5, 5.41) is 4.12. The molecule has 0 unspecified atom stereocenters. The maximum absolute atomic E-state index is 11.3. The van der Waals surface area contributed by atoms with E-state index in [1.807, 2.05) is 30.5 Å². The molecule has 0 radical (unpaired) electrons. The van der Waals surface area contributed by atoms with Gasteiger partial charge in [0.1, 0.15) is 0 Å². The molecule has 0 aliphatic heterocycles. The van der Waals surface area contributed by atoms with Crippen molar-refractivity contribution in [2.75, 3.05) is 16.3 Å². The summed E-state index contributed by atoms with van der Waals surface area (Å²) < 4.78 is 30.9. The Morgan fingerprint density at radius 1 is 1.08 bits per heavy atom. The zero-order valence-electron chi connectivity index (χ0n) is 13.9. The minimum Gasteiger partial charge on any atom is -0.423 e. The van der Waals surface area contributed by atoms with Crippen LogP contribution in [0.4, 0.5) is 17.4 Å². The van der Waals surface area contributed by atoms with Gasteiger partial charge in [0.25, 0.3) is 6.01 Å². The predicted molar refractivity (Wildman–Crippen MR) is 102 cm³/mol. The third-order valence-electron chi connectivity index (χ3n) is 3.76. The van der Waals surface area contributed by atoms with E-state index < -0.39 is 10.0 Å². The average molecular weight is 368 g/mol. The van der Waals surface area contributed by atoms with E-state index >= 15 is 0 Å². The van der Waals surface area contributed by atoms with Crippen molar-refractivity contribution in [3.8, 4) is 11.3 Å². The first-order valence-corrected chi connectivity index (χ1v) is 9.74. The van der Waals surface area contributed by atoms with Gasteiger partial charge in [0.05, 0.1) is 18.1 Å². The topological polar surface area (TPSA) is 100 Å². The lowest BCUT2D eigenvalue weighted by Crippen LogP contribution is -2.09. The van der Waals surface area contributed by atoms with Crippen molar-refractivity contribution in [2.24, 2.45) is 0 Å². The van der Waals surface area contributed by atoms with Crippen LogP contribution in [0.1, 0.15) is 0 Å². The van der Waals surface area contributed by atoms with Crippen LogP contribution < -0.4 is 10.0 Å². The molecule has 4 rings (SSSR count). The van der Waals surface area contributed by atoms with E-state index in [2.05, 4.69) is 20.0 Å². The van der Waals surface area contributed by atoms with E-state index in [-0.39, 0.29) is 0 Å². The summed E-state index contributed by atoms with van der Waals surface area (Å²) in [6, 6.07) is 15.1. The molecule has 0 saturated carbocycles. The molecule has 0 bridgehead atoms. The predicted octanol–water partition coefficient (Wildman–Crippen LogP) is 3.94. The number of fused-ring (bicyclic) bond motifs is 1. The van der Waals surface area contributed by atoms with Crippen LogP contribution in [0.3, 0.4) is 0 Å². The van der Waals surface area contributed by atoms with Crippen molar-refractivity contribution >= 4 is 38.3 Å². The SMILES string of the molecule is CS(=O)(=O)Nc1cccc(Nc2ncc(-c3ccc4[nH]ccc4c3)o2)c1. The quantitative estimate of drug-likeness (QED) is 0.495. The van der Waals surface area contributed by atoms with Crippen LogP contribution >= 0.6 is 0 Å². The summed E-state index contributed by atoms with van der Waals surface area (Å²) in [6.07, 6.45) is 4.64. The number of hydrogen-bond donors (Lipinski definition) is 3. The van der Waals surface area contributed by atoms with Crippen molar-refractivity contribution in [2.45, 2.75) is 0 Å². The van der Waals surface area contributed by atoms with Gasteiger partial charge in [-0.25, -0.2) is 13.4 Å². The fourth-order valence-electron chi connectivity index (χ4n) is 2.67. The van der Waals surface area contributed by atoms with Gasteiger partial charge in [-0.1, -0.05) is 6.07 Å². The molecule has 0 spiro atoms. The van der Waals surface area contributed by atoms with E-state index in [1.54, 1.807) is 30.5 Å². The normalized spacial score (nSPS) is 11.6. The molecule has 0 aliphatic rings. The van der Waals surface area contributed by atoms with Gasteiger partial charge in [0, 0.05) is 28.4 Å². The van der Waals surface area contributed by atoms with E-state index in [0.29, 0.717) is 23.1 Å². The molecular weight excluding hydrogens is 352 g/mol. The van der Waals surface area contributed by atoms with Gasteiger partial charge in [-0.2, -0.15) is 0 Å². The highest BCUT2D eigenvalue weighted by Gasteiger charge is 2.09. The molecule has 0 atom stereocenters. The number of benzene rings is 2. The number of aromatic amines is 1. The van der Waals surface area contributed by atoms with Crippen molar-refractivity contribution in [1.82, 2.24) is 9.97 Å². The highest BCUT2D eigenvalue weighted by molar-refractivity contribution is 7.92. The Hall–Kier alpha value is -3.26. The van der Waals surface area contributed by atoms with Crippen molar-refractivity contribution in [1.29, 1.82) is 0 Å². The summed E-state index contributed by atoms with van der Waals surface area (Å²) >= 11 is 0. The zero-order valence-corrected chi connectivity index (χ0v) is 14.7. The number of hydrogen-bond acceptors (Lipinski definition) is 5. The molecule has 2 aromatic carbocycles. The van der Waals surface area contributed by atoms with Crippen LogP contribution in [0.2, 0.25) is 0 Å². The number of aromatic nitrogens is 2. The number of nitrogens with one attached hydrogen (secondary N) is 3. The van der Waals surface area contributed by atoms with Gasteiger partial charge in [0.15, 0.2) is 5.76 Å². The van der Waals surface area contributed by atoms with E-state index in [9.17, 15) is 8.42 Å². The van der Waals surface area contributed by atoms with Gasteiger partial charge in [0.2, 0.25) is 10.0 Å². The fraction of sp³-hybridized carbons (Fsp3) is 0.0556. The number of oxazole rings is 1. The van der Waals surface area contributed by atoms with E-state index in [0.717, 1.165) is 22.7 Å². The van der Waals surface area contributed by atoms with Crippen LogP contribution in [-0.4, -0.2) is 24.6 Å². The van der Waals surface area contributed by atoms with Crippen LogP contribution in [0.15, 0.2) is 65.3 Å². The molecule has 8 heteroatoms. The number of rotatable bonds is 5. The van der Waals surface area contributed by atoms with E-state index in [4.69, 9.17) is 4.42 Å². The molecule has 26 heavy (non-hydrogen) atoms. The van der Waals surface area contributed by atoms with Gasteiger partial charge in [-0.05, 0) is 42.5 Å². The molecule has 3 N–H and O–H groups in total. The van der Waals surface area contributed by atoms with Crippen molar-refractivity contribution in [3.05, 3.63) is 60.9 Å². The standard InChI is InChI=1S/C18H16N4O3S/c1-26(23,24)22-15-4-2-3-14(10-15)21-18-20-11-17(25-18)13-5-6-16-12(9-13)7-8-19-16/h2-11,19,22H,1H3,(H,20,21). The number of H-pyrrole nitrogens is 1. The second kappa shape index (κ2) is 6.23. The average Bonchev–Trinajstić information content (AvgIpc) is 3.21. The lowest BCUT2D eigenvalue weighted by Gasteiger charge is -2.06. The first kappa shape index (κ1) is 16.2. The minimum absolute atomic E-state index is 0.325. The molecule has 0 amide bonds. The minimum atomic E-state index is -3.33. The molecule has 7 nitrogen and oxygen atoms in total. The highest BCUT2D eigenvalue weighted by Crippen LogP contribution is 2.27. The summed E-state index contributed by atoms with van der Waals surface area (Å²) in [5.41, 5.74) is 3.10. The maximum Gasteiger partial charge on any atom is 0.299 e. The Morgan fingerprint density at radius 3 is 2.77 bits per heavy atom. The lowest BCUT2D eigenvalue weighted by atomic mass is 10.1. The molecule has 132 valence electrons. The largest absolute Gasteiger partial charge is 0.423 e. The summed E-state index contributed by atoms with van der Waals surface area (Å²) in [4.78, 5) is 7.39. The van der Waals surface area contributed by atoms with Crippen LogP contribution in [0.5, 0.6) is 0 Å². The van der Waals surface area contributed by atoms with Gasteiger partial charge < -0.3 is 14.7 Å². The Morgan fingerprint density at radius 2 is 1.92 bits per heavy atom. The summed E-state index contributed by atoms with van der Waals surface area (Å²) in [7, 11) is -3.33. The van der Waals surface area contributed by atoms with Crippen LogP contribution in [0, 0.1) is 0 Å². The van der Waals surface area contributed by atoms with Crippen molar-refractivity contribution < 1.29 is 12.8 Å². The summed E-state index contributed by atoms with van der Waals surface area (Å²) in [6.45, 7) is 0. The van der Waals surface area contributed by atoms with Gasteiger partial charge in [-0.15, -0.1) is 0 Å².